The van der Waals surface area contributed by atoms with E-state index in [1.54, 1.807) is 17.2 Å². The van der Waals surface area contributed by atoms with Gasteiger partial charge in [-0.3, -0.25) is 15.0 Å². The van der Waals surface area contributed by atoms with E-state index in [1.165, 1.54) is 0 Å². The zero-order valence-corrected chi connectivity index (χ0v) is 8.14. The Kier molecular flexibility index (Phi) is 1.99. The van der Waals surface area contributed by atoms with Crippen molar-refractivity contribution in [1.82, 2.24) is 10.3 Å². The zero-order valence-electron chi connectivity index (χ0n) is 8.14. The molecule has 6 heteroatoms. The Morgan fingerprint density at radius 3 is 3.20 bits per heavy atom. The van der Waals surface area contributed by atoms with Gasteiger partial charge in [0, 0.05) is 19.3 Å². The van der Waals surface area contributed by atoms with Crippen molar-refractivity contribution < 1.29 is 9.59 Å². The lowest BCUT2D eigenvalue weighted by molar-refractivity contribution is -0.139. The fourth-order valence-corrected chi connectivity index (χ4v) is 2.04. The van der Waals surface area contributed by atoms with Gasteiger partial charge >= 0.3 is 0 Å². The van der Waals surface area contributed by atoms with Gasteiger partial charge < -0.3 is 10.6 Å². The van der Waals surface area contributed by atoms with E-state index < -0.39 is 11.4 Å². The number of hydrogen-bond acceptors (Lipinski definition) is 4. The van der Waals surface area contributed by atoms with E-state index in [1.807, 2.05) is 0 Å². The highest BCUT2D eigenvalue weighted by Gasteiger charge is 2.60. The number of nitrogens with two attached hydrogens (primary N) is 1. The average molecular weight is 208 g/mol. The van der Waals surface area contributed by atoms with Crippen molar-refractivity contribution >= 4 is 18.0 Å². The molecule has 3 N–H and O–H groups in total. The SMILES string of the molecule is C=CCN1C[C@H]2C=NN[C@]2(C(N)=O)C1=O. The van der Waals surface area contributed by atoms with Crippen LogP contribution in [0.25, 0.3) is 0 Å². The summed E-state index contributed by atoms with van der Waals surface area (Å²) >= 11 is 0. The van der Waals surface area contributed by atoms with Gasteiger partial charge in [0.2, 0.25) is 5.54 Å². The molecule has 80 valence electrons. The molecule has 0 aromatic rings. The predicted molar refractivity (Wildman–Crippen MR) is 53.8 cm³/mol. The molecule has 2 aliphatic rings. The molecule has 0 saturated carbocycles. The molecule has 1 saturated heterocycles. The monoisotopic (exact) mass is 208 g/mol. The van der Waals surface area contributed by atoms with Gasteiger partial charge in [0.25, 0.3) is 11.8 Å². The van der Waals surface area contributed by atoms with Crippen molar-refractivity contribution in [3.63, 3.8) is 0 Å². The molecule has 15 heavy (non-hydrogen) atoms. The number of fused-ring (bicyclic) bond motifs is 1. The fourth-order valence-electron chi connectivity index (χ4n) is 2.04. The number of likely N-dealkylation sites (tertiary alicyclic amines) is 1. The third-order valence-electron chi connectivity index (χ3n) is 2.83. The highest BCUT2D eigenvalue weighted by Crippen LogP contribution is 2.30. The van der Waals surface area contributed by atoms with E-state index in [0.29, 0.717) is 13.1 Å². The number of amides is 2. The highest BCUT2D eigenvalue weighted by molar-refractivity contribution is 6.14. The normalized spacial score (nSPS) is 32.7. The second-order valence-corrected chi connectivity index (χ2v) is 3.67. The van der Waals surface area contributed by atoms with Crippen molar-refractivity contribution in [3.05, 3.63) is 12.7 Å². The molecule has 1 fully saturated rings. The zero-order chi connectivity index (χ0) is 11.1. The molecule has 0 aromatic carbocycles. The van der Waals surface area contributed by atoms with Crippen LogP contribution in [0.4, 0.5) is 0 Å². The quantitative estimate of drug-likeness (QED) is 0.434. The number of rotatable bonds is 3. The molecule has 2 heterocycles. The van der Waals surface area contributed by atoms with Crippen LogP contribution in [0.3, 0.4) is 0 Å². The number of carbonyl (C=O) groups excluding carboxylic acids is 2. The second kappa shape index (κ2) is 3.08. The summed E-state index contributed by atoms with van der Waals surface area (Å²) in [7, 11) is 0. The standard InChI is InChI=1S/C9H12N4O2/c1-2-3-13-5-6-4-11-12-9(6,7(10)14)8(13)15/h2,4,6,12H,1,3,5H2,(H2,10,14)/t6-,9-/m1/s1. The third-order valence-corrected chi connectivity index (χ3v) is 2.83. The number of nitrogens with one attached hydrogen (secondary N) is 1. The van der Waals surface area contributed by atoms with Crippen LogP contribution in [0, 0.1) is 5.92 Å². The Morgan fingerprint density at radius 1 is 1.93 bits per heavy atom. The maximum Gasteiger partial charge on any atom is 0.260 e. The maximum atomic E-state index is 12.0. The molecule has 0 aromatic heterocycles. The summed E-state index contributed by atoms with van der Waals surface area (Å²) in [6.45, 7) is 4.42. The molecule has 2 atom stereocenters. The molecule has 2 amide bonds. The van der Waals surface area contributed by atoms with Crippen LogP contribution in [0.15, 0.2) is 17.8 Å². The van der Waals surface area contributed by atoms with E-state index in [9.17, 15) is 9.59 Å². The Morgan fingerprint density at radius 2 is 2.67 bits per heavy atom. The maximum absolute atomic E-state index is 12.0. The van der Waals surface area contributed by atoms with E-state index in [4.69, 9.17) is 5.73 Å². The van der Waals surface area contributed by atoms with Gasteiger partial charge in [-0.25, -0.2) is 0 Å². The van der Waals surface area contributed by atoms with E-state index >= 15 is 0 Å². The smallest absolute Gasteiger partial charge is 0.260 e. The molecule has 6 nitrogen and oxygen atoms in total. The molecule has 0 aliphatic carbocycles. The lowest BCUT2D eigenvalue weighted by Gasteiger charge is -2.22. The van der Waals surface area contributed by atoms with Crippen LogP contribution >= 0.6 is 0 Å². The van der Waals surface area contributed by atoms with Gasteiger partial charge in [0.05, 0.1) is 5.92 Å². The molecule has 0 spiro atoms. The number of hydrazone groups is 1. The van der Waals surface area contributed by atoms with Crippen LogP contribution in [-0.2, 0) is 9.59 Å². The van der Waals surface area contributed by atoms with Crippen molar-refractivity contribution in [3.8, 4) is 0 Å². The van der Waals surface area contributed by atoms with Gasteiger partial charge in [-0.15, -0.1) is 6.58 Å². The summed E-state index contributed by atoms with van der Waals surface area (Å²) < 4.78 is 0. The fraction of sp³-hybridized carbons (Fsp3) is 0.444. The van der Waals surface area contributed by atoms with Gasteiger partial charge in [0.15, 0.2) is 0 Å². The third kappa shape index (κ3) is 1.07. The lowest BCUT2D eigenvalue weighted by Crippen LogP contribution is -2.60. The molecule has 2 rings (SSSR count). The van der Waals surface area contributed by atoms with Crippen LogP contribution in [0.2, 0.25) is 0 Å². The van der Waals surface area contributed by atoms with Crippen LogP contribution < -0.4 is 11.2 Å². The Hall–Kier alpha value is -1.85. The number of carbonyl (C=O) groups is 2. The first-order chi connectivity index (χ1) is 7.13. The summed E-state index contributed by atoms with van der Waals surface area (Å²) in [5, 5.41) is 3.76. The molecule has 0 bridgehead atoms. The molecular formula is C9H12N4O2. The predicted octanol–water partition coefficient (Wildman–Crippen LogP) is -1.56. The van der Waals surface area contributed by atoms with E-state index in [2.05, 4.69) is 17.1 Å². The second-order valence-electron chi connectivity index (χ2n) is 3.67. The lowest BCUT2D eigenvalue weighted by atomic mass is 9.88. The van der Waals surface area contributed by atoms with E-state index in [0.717, 1.165) is 0 Å². The Bertz CT molecular complexity index is 365. The minimum atomic E-state index is -1.36. The summed E-state index contributed by atoms with van der Waals surface area (Å²) in [4.78, 5) is 24.9. The van der Waals surface area contributed by atoms with Gasteiger partial charge in [-0.05, 0) is 0 Å². The average Bonchev–Trinajstić information content (AvgIpc) is 2.69. The number of primary amides is 1. The first-order valence-electron chi connectivity index (χ1n) is 4.63. The van der Waals surface area contributed by atoms with Gasteiger partial charge in [-0.2, -0.15) is 5.10 Å². The van der Waals surface area contributed by atoms with Crippen molar-refractivity contribution in [1.29, 1.82) is 0 Å². The molecule has 0 radical (unpaired) electrons. The summed E-state index contributed by atoms with van der Waals surface area (Å²) in [5.41, 5.74) is 6.45. The Labute approximate surface area is 86.8 Å². The Balaban J connectivity index is 2.33. The minimum Gasteiger partial charge on any atom is -0.367 e. The minimum absolute atomic E-state index is 0.276. The van der Waals surface area contributed by atoms with Crippen molar-refractivity contribution in [2.75, 3.05) is 13.1 Å². The van der Waals surface area contributed by atoms with Gasteiger partial charge in [0.1, 0.15) is 0 Å². The van der Waals surface area contributed by atoms with E-state index in [-0.39, 0.29) is 11.8 Å². The summed E-state index contributed by atoms with van der Waals surface area (Å²) in [6, 6.07) is 0. The van der Waals surface area contributed by atoms with Crippen molar-refractivity contribution in [2.45, 2.75) is 5.54 Å². The van der Waals surface area contributed by atoms with Crippen molar-refractivity contribution in [2.24, 2.45) is 16.8 Å². The highest BCUT2D eigenvalue weighted by atomic mass is 16.2. The topological polar surface area (TPSA) is 87.8 Å². The summed E-state index contributed by atoms with van der Waals surface area (Å²) in [6.07, 6.45) is 3.18. The number of hydrogen-bond donors (Lipinski definition) is 2. The first kappa shape index (κ1) is 9.70. The van der Waals surface area contributed by atoms with Crippen LogP contribution in [0.1, 0.15) is 0 Å². The van der Waals surface area contributed by atoms with Crippen LogP contribution in [-0.4, -0.2) is 41.6 Å². The summed E-state index contributed by atoms with van der Waals surface area (Å²) in [5.74, 6) is -1.28. The molecule has 2 aliphatic heterocycles. The number of nitrogens with zero attached hydrogens (tertiary/aromatic N) is 2. The molecule has 0 unspecified atom stereocenters. The molecular weight excluding hydrogens is 196 g/mol. The first-order valence-corrected chi connectivity index (χ1v) is 4.63. The van der Waals surface area contributed by atoms with Gasteiger partial charge in [-0.1, -0.05) is 6.08 Å². The largest absolute Gasteiger partial charge is 0.367 e. The van der Waals surface area contributed by atoms with Crippen LogP contribution in [0.5, 0.6) is 0 Å².